The van der Waals surface area contributed by atoms with Gasteiger partial charge in [0.1, 0.15) is 0 Å². The van der Waals surface area contributed by atoms with Crippen molar-refractivity contribution in [3.8, 4) is 0 Å². The highest BCUT2D eigenvalue weighted by molar-refractivity contribution is 9.10. The first-order chi connectivity index (χ1) is 9.86. The summed E-state index contributed by atoms with van der Waals surface area (Å²) in [5, 5.41) is 2.73. The molecule has 2 heterocycles. The van der Waals surface area contributed by atoms with E-state index in [1.807, 2.05) is 0 Å². The van der Waals surface area contributed by atoms with Crippen molar-refractivity contribution in [1.82, 2.24) is 19.8 Å². The Balaban J connectivity index is 1.83. The van der Waals surface area contributed by atoms with Crippen LogP contribution >= 0.6 is 15.9 Å². The molecule has 1 aromatic rings. The van der Waals surface area contributed by atoms with Crippen molar-refractivity contribution in [3.63, 3.8) is 0 Å². The molecule has 21 heavy (non-hydrogen) atoms. The monoisotopic (exact) mass is 359 g/mol. The number of likely N-dealkylation sites (tertiary alicyclic amines) is 1. The van der Waals surface area contributed by atoms with E-state index >= 15 is 0 Å². The van der Waals surface area contributed by atoms with Gasteiger partial charge in [-0.05, 0) is 15.9 Å². The molecule has 1 aliphatic rings. The van der Waals surface area contributed by atoms with Gasteiger partial charge in [0, 0.05) is 32.3 Å². The van der Waals surface area contributed by atoms with Crippen molar-refractivity contribution in [2.75, 3.05) is 13.1 Å². The van der Waals surface area contributed by atoms with E-state index in [1.165, 1.54) is 15.7 Å². The number of aryl methyl sites for hydroxylation is 1. The van der Waals surface area contributed by atoms with Crippen LogP contribution in [0.3, 0.4) is 0 Å². The molecule has 1 aromatic heterocycles. The van der Waals surface area contributed by atoms with Crippen molar-refractivity contribution in [3.05, 3.63) is 31.5 Å². The first-order valence-electron chi connectivity index (χ1n) is 6.20. The van der Waals surface area contributed by atoms with Crippen LogP contribution in [0, 0.1) is 0 Å². The second-order valence-corrected chi connectivity index (χ2v) is 5.54. The Labute approximate surface area is 127 Å². The molecule has 0 spiro atoms. The first-order valence-corrected chi connectivity index (χ1v) is 6.99. The van der Waals surface area contributed by atoms with Crippen molar-refractivity contribution < 1.29 is 9.59 Å². The fraction of sp³-hybridized carbons (Fsp3) is 0.455. The Kier molecular flexibility index (Phi) is 4.46. The molecule has 2 rings (SSSR count). The average Bonchev–Trinajstić information content (AvgIpc) is 2.35. The number of hydrogen-bond donors (Lipinski definition) is 3. The minimum absolute atomic E-state index is 0.0888. The fourth-order valence-corrected chi connectivity index (χ4v) is 2.27. The first kappa shape index (κ1) is 15.3. The number of H-pyrrole nitrogens is 1. The Morgan fingerprint density at radius 1 is 1.43 bits per heavy atom. The lowest BCUT2D eigenvalue weighted by Crippen LogP contribution is -2.62. The van der Waals surface area contributed by atoms with E-state index in [4.69, 9.17) is 5.73 Å². The highest BCUT2D eigenvalue weighted by atomic mass is 79.9. The third-order valence-corrected chi connectivity index (χ3v) is 3.67. The van der Waals surface area contributed by atoms with Crippen LogP contribution in [0.5, 0.6) is 0 Å². The van der Waals surface area contributed by atoms with Crippen LogP contribution in [0.4, 0.5) is 4.79 Å². The Morgan fingerprint density at radius 3 is 2.71 bits per heavy atom. The van der Waals surface area contributed by atoms with Gasteiger partial charge in [-0.1, -0.05) is 0 Å². The van der Waals surface area contributed by atoms with E-state index in [0.717, 1.165) is 0 Å². The molecular formula is C11H14BrN5O4. The van der Waals surface area contributed by atoms with Crippen LogP contribution in [0.25, 0.3) is 0 Å². The number of hydrogen-bond acceptors (Lipinski definition) is 4. The normalized spacial score (nSPS) is 14.6. The molecule has 9 nitrogen and oxygen atoms in total. The van der Waals surface area contributed by atoms with Crippen molar-refractivity contribution in [1.29, 1.82) is 0 Å². The predicted octanol–water partition coefficient (Wildman–Crippen LogP) is -1.43. The number of nitrogens with one attached hydrogen (secondary N) is 2. The summed E-state index contributed by atoms with van der Waals surface area (Å²) in [7, 11) is 0. The maximum Gasteiger partial charge on any atom is 0.328 e. The molecule has 1 saturated heterocycles. The number of aromatic amines is 1. The van der Waals surface area contributed by atoms with E-state index < -0.39 is 17.3 Å². The van der Waals surface area contributed by atoms with Gasteiger partial charge >= 0.3 is 11.7 Å². The molecule has 3 amide bonds. The smallest absolute Gasteiger partial charge is 0.328 e. The van der Waals surface area contributed by atoms with Crippen LogP contribution in [-0.2, 0) is 11.3 Å². The molecule has 10 heteroatoms. The van der Waals surface area contributed by atoms with E-state index in [9.17, 15) is 19.2 Å². The van der Waals surface area contributed by atoms with Crippen molar-refractivity contribution in [2.45, 2.75) is 19.0 Å². The predicted molar refractivity (Wildman–Crippen MR) is 76.7 cm³/mol. The minimum atomic E-state index is -0.570. The third-order valence-electron chi connectivity index (χ3n) is 3.11. The van der Waals surface area contributed by atoms with Crippen LogP contribution in [0.15, 0.2) is 20.3 Å². The summed E-state index contributed by atoms with van der Waals surface area (Å²) in [6, 6.07) is -0.617. The number of nitrogens with two attached hydrogens (primary N) is 1. The van der Waals surface area contributed by atoms with Gasteiger partial charge in [0.2, 0.25) is 5.91 Å². The van der Waals surface area contributed by atoms with E-state index in [-0.39, 0.29) is 29.4 Å². The second kappa shape index (κ2) is 6.12. The van der Waals surface area contributed by atoms with Crippen LogP contribution in [0.2, 0.25) is 0 Å². The fourth-order valence-electron chi connectivity index (χ4n) is 1.92. The summed E-state index contributed by atoms with van der Waals surface area (Å²) in [5.41, 5.74) is 3.99. The summed E-state index contributed by atoms with van der Waals surface area (Å²) in [6.45, 7) is 0.933. The Bertz CT molecular complexity index is 676. The Morgan fingerprint density at radius 2 is 2.10 bits per heavy atom. The summed E-state index contributed by atoms with van der Waals surface area (Å²) < 4.78 is 1.46. The number of halogens is 1. The third kappa shape index (κ3) is 3.72. The number of carbonyl (C=O) groups is 2. The quantitative estimate of drug-likeness (QED) is 0.608. The molecule has 114 valence electrons. The number of aromatic nitrogens is 2. The number of amides is 3. The van der Waals surface area contributed by atoms with Gasteiger partial charge in [0.25, 0.3) is 5.56 Å². The van der Waals surface area contributed by atoms with Gasteiger partial charge in [0.15, 0.2) is 0 Å². The number of rotatable bonds is 4. The molecule has 0 atom stereocenters. The SMILES string of the molecule is NC(=O)N1CC(NC(=O)CCn2cc(Br)c(=O)[nH]c2=O)C1. The molecule has 0 radical (unpaired) electrons. The highest BCUT2D eigenvalue weighted by Crippen LogP contribution is 2.07. The summed E-state index contributed by atoms with van der Waals surface area (Å²) in [6.07, 6.45) is 1.43. The zero-order chi connectivity index (χ0) is 15.6. The summed E-state index contributed by atoms with van der Waals surface area (Å²) in [5.74, 6) is -0.238. The van der Waals surface area contributed by atoms with Gasteiger partial charge in [-0.25, -0.2) is 9.59 Å². The number of carbonyl (C=O) groups excluding carboxylic acids is 2. The number of nitrogens with zero attached hydrogens (tertiary/aromatic N) is 2. The number of urea groups is 1. The van der Waals surface area contributed by atoms with Crippen LogP contribution < -0.4 is 22.3 Å². The van der Waals surface area contributed by atoms with Gasteiger partial charge in [0.05, 0.1) is 10.5 Å². The molecule has 1 aliphatic heterocycles. The lowest BCUT2D eigenvalue weighted by Gasteiger charge is -2.38. The van der Waals surface area contributed by atoms with Crippen molar-refractivity contribution >= 4 is 27.9 Å². The maximum atomic E-state index is 11.7. The Hall–Kier alpha value is -2.10. The average molecular weight is 360 g/mol. The van der Waals surface area contributed by atoms with E-state index in [2.05, 4.69) is 26.2 Å². The molecule has 0 aliphatic carbocycles. The van der Waals surface area contributed by atoms with Gasteiger partial charge in [-0.3, -0.25) is 19.1 Å². The minimum Gasteiger partial charge on any atom is -0.351 e. The molecule has 0 unspecified atom stereocenters. The zero-order valence-electron chi connectivity index (χ0n) is 11.0. The zero-order valence-corrected chi connectivity index (χ0v) is 12.6. The van der Waals surface area contributed by atoms with Gasteiger partial charge in [-0.2, -0.15) is 0 Å². The maximum absolute atomic E-state index is 11.7. The van der Waals surface area contributed by atoms with Crippen LogP contribution in [-0.4, -0.2) is 45.5 Å². The molecular weight excluding hydrogens is 346 g/mol. The van der Waals surface area contributed by atoms with E-state index in [1.54, 1.807) is 0 Å². The van der Waals surface area contributed by atoms with Gasteiger partial charge in [-0.15, -0.1) is 0 Å². The largest absolute Gasteiger partial charge is 0.351 e. The molecule has 1 fully saturated rings. The van der Waals surface area contributed by atoms with Crippen molar-refractivity contribution in [2.24, 2.45) is 5.73 Å². The second-order valence-electron chi connectivity index (χ2n) is 4.69. The van der Waals surface area contributed by atoms with E-state index in [0.29, 0.717) is 13.1 Å². The van der Waals surface area contributed by atoms with Gasteiger partial charge < -0.3 is 16.0 Å². The molecule has 0 bridgehead atoms. The summed E-state index contributed by atoms with van der Waals surface area (Å²) >= 11 is 3.01. The summed E-state index contributed by atoms with van der Waals surface area (Å²) in [4.78, 5) is 48.7. The standard InChI is InChI=1S/C11H14BrN5O4/c12-7-5-16(11(21)15-9(7)19)2-1-8(18)14-6-3-17(4-6)10(13)20/h5-6H,1-4H2,(H2,13,20)(H,14,18)(H,15,19,21). The van der Waals surface area contributed by atoms with Crippen LogP contribution in [0.1, 0.15) is 6.42 Å². The topological polar surface area (TPSA) is 130 Å². The highest BCUT2D eigenvalue weighted by Gasteiger charge is 2.30. The molecule has 4 N–H and O–H groups in total. The lowest BCUT2D eigenvalue weighted by atomic mass is 10.1. The lowest BCUT2D eigenvalue weighted by molar-refractivity contribution is -0.122. The molecule has 0 saturated carbocycles. The molecule has 0 aromatic carbocycles. The number of primary amides is 1.